The van der Waals surface area contributed by atoms with Gasteiger partial charge in [-0.05, 0) is 22.4 Å². The molecule has 0 fully saturated rings. The molecule has 0 amide bonds. The number of hydrogen-bond donors (Lipinski definition) is 2. The molecule has 3 aromatic carbocycles. The number of allylic oxidation sites excluding steroid dienone is 1. The van der Waals surface area contributed by atoms with Crippen molar-refractivity contribution >= 4 is 28.5 Å². The van der Waals surface area contributed by atoms with Crippen molar-refractivity contribution in [2.75, 3.05) is 0 Å². The molecule has 0 unspecified atom stereocenters. The van der Waals surface area contributed by atoms with Crippen LogP contribution in [-0.2, 0) is 0 Å². The van der Waals surface area contributed by atoms with Gasteiger partial charge in [0.25, 0.3) is 0 Å². The molecule has 3 rings (SSSR count). The minimum atomic E-state index is -0.0676. The Bertz CT molecular complexity index is 915. The van der Waals surface area contributed by atoms with E-state index in [1.165, 1.54) is 10.8 Å². The molecular formula is C20H18N4. The zero-order valence-electron chi connectivity index (χ0n) is 13.1. The highest BCUT2D eigenvalue weighted by atomic mass is 15.3. The number of hydrogen-bond acceptors (Lipinski definition) is 2. The second kappa shape index (κ2) is 7.24. The van der Waals surface area contributed by atoms with Gasteiger partial charge in [-0.2, -0.15) is 0 Å². The molecule has 4 heteroatoms. The van der Waals surface area contributed by atoms with E-state index < -0.39 is 0 Å². The molecule has 0 aliphatic carbocycles. The molecule has 118 valence electrons. The summed E-state index contributed by atoms with van der Waals surface area (Å²) in [4.78, 5) is 0. The maximum atomic E-state index is 5.40. The molecule has 0 aliphatic heterocycles. The monoisotopic (exact) mass is 314 g/mol. The van der Waals surface area contributed by atoms with E-state index in [4.69, 9.17) is 11.5 Å². The van der Waals surface area contributed by atoms with E-state index >= 15 is 0 Å². The zero-order valence-corrected chi connectivity index (χ0v) is 13.1. The summed E-state index contributed by atoms with van der Waals surface area (Å²) in [5.74, 6) is -0.0676. The van der Waals surface area contributed by atoms with Crippen molar-refractivity contribution in [2.24, 2.45) is 21.7 Å². The predicted molar refractivity (Wildman–Crippen MR) is 102 cm³/mol. The minimum absolute atomic E-state index is 0.0676. The molecule has 0 heterocycles. The lowest BCUT2D eigenvalue weighted by Gasteiger charge is -2.03. The van der Waals surface area contributed by atoms with Crippen LogP contribution in [0.4, 0.5) is 0 Å². The summed E-state index contributed by atoms with van der Waals surface area (Å²) >= 11 is 0. The van der Waals surface area contributed by atoms with Crippen molar-refractivity contribution in [3.63, 3.8) is 0 Å². The van der Waals surface area contributed by atoms with Gasteiger partial charge < -0.3 is 11.5 Å². The van der Waals surface area contributed by atoms with E-state index in [1.54, 1.807) is 0 Å². The summed E-state index contributed by atoms with van der Waals surface area (Å²) in [5.41, 5.74) is 13.5. The van der Waals surface area contributed by atoms with Gasteiger partial charge in [0.2, 0.25) is 5.96 Å². The van der Waals surface area contributed by atoms with Gasteiger partial charge in [-0.15, -0.1) is 10.2 Å². The molecule has 0 saturated carbocycles. The van der Waals surface area contributed by atoms with E-state index in [1.807, 2.05) is 60.7 Å². The summed E-state index contributed by atoms with van der Waals surface area (Å²) in [7, 11) is 0. The van der Waals surface area contributed by atoms with Crippen molar-refractivity contribution in [2.45, 2.75) is 0 Å². The Labute approximate surface area is 140 Å². The van der Waals surface area contributed by atoms with Crippen LogP contribution >= 0.6 is 0 Å². The fourth-order valence-corrected chi connectivity index (χ4v) is 2.47. The van der Waals surface area contributed by atoms with Gasteiger partial charge in [0.1, 0.15) is 0 Å². The van der Waals surface area contributed by atoms with Crippen molar-refractivity contribution in [3.05, 3.63) is 90.0 Å². The molecule has 0 saturated heterocycles. The van der Waals surface area contributed by atoms with Gasteiger partial charge in [0, 0.05) is 5.56 Å². The van der Waals surface area contributed by atoms with Crippen LogP contribution in [0.1, 0.15) is 11.1 Å². The van der Waals surface area contributed by atoms with Crippen molar-refractivity contribution in [3.8, 4) is 0 Å². The van der Waals surface area contributed by atoms with Crippen LogP contribution in [-0.4, -0.2) is 11.7 Å². The second-order valence-corrected chi connectivity index (χ2v) is 5.28. The molecule has 0 atom stereocenters. The van der Waals surface area contributed by atoms with Crippen molar-refractivity contribution < 1.29 is 0 Å². The van der Waals surface area contributed by atoms with E-state index in [0.29, 0.717) is 5.71 Å². The molecular weight excluding hydrogens is 296 g/mol. The van der Waals surface area contributed by atoms with Crippen molar-refractivity contribution in [1.82, 2.24) is 0 Å². The maximum Gasteiger partial charge on any atom is 0.211 e. The lowest BCUT2D eigenvalue weighted by Crippen LogP contribution is -2.22. The first-order valence-corrected chi connectivity index (χ1v) is 7.62. The van der Waals surface area contributed by atoms with Gasteiger partial charge in [0.15, 0.2) is 0 Å². The van der Waals surface area contributed by atoms with Gasteiger partial charge in [0.05, 0.1) is 5.71 Å². The summed E-state index contributed by atoms with van der Waals surface area (Å²) in [6, 6.07) is 24.3. The van der Waals surface area contributed by atoms with Crippen LogP contribution in [0.2, 0.25) is 0 Å². The Balaban J connectivity index is 2.02. The van der Waals surface area contributed by atoms with Crippen LogP contribution in [0.25, 0.3) is 16.8 Å². The lowest BCUT2D eigenvalue weighted by molar-refractivity contribution is 1.20. The van der Waals surface area contributed by atoms with E-state index in [-0.39, 0.29) is 5.96 Å². The fourth-order valence-electron chi connectivity index (χ4n) is 2.47. The van der Waals surface area contributed by atoms with Gasteiger partial charge in [-0.1, -0.05) is 78.9 Å². The first-order chi connectivity index (χ1) is 11.7. The number of fused-ring (bicyclic) bond motifs is 1. The molecule has 0 aromatic heterocycles. The Morgan fingerprint density at radius 3 is 2.25 bits per heavy atom. The number of nitrogens with zero attached hydrogens (tertiary/aromatic N) is 2. The highest BCUT2D eigenvalue weighted by Gasteiger charge is 2.01. The fraction of sp³-hybridized carbons (Fsp3) is 0. The number of nitrogens with two attached hydrogens (primary N) is 2. The summed E-state index contributed by atoms with van der Waals surface area (Å²) in [6.45, 7) is 0. The Hall–Kier alpha value is -3.40. The topological polar surface area (TPSA) is 76.8 Å². The molecule has 0 bridgehead atoms. The van der Waals surface area contributed by atoms with Crippen LogP contribution in [0.3, 0.4) is 0 Å². The first-order valence-electron chi connectivity index (χ1n) is 7.62. The first kappa shape index (κ1) is 15.5. The van der Waals surface area contributed by atoms with Crippen LogP contribution in [0, 0.1) is 0 Å². The molecule has 0 spiro atoms. The summed E-state index contributed by atoms with van der Waals surface area (Å²) < 4.78 is 0. The average molecular weight is 314 g/mol. The Morgan fingerprint density at radius 2 is 1.46 bits per heavy atom. The molecule has 0 aliphatic rings. The standard InChI is InChI=1S/C20H18N4/c21-20(22)24-23-19(17-8-2-1-3-9-17)14-13-16-11-6-10-15-7-4-5-12-18(15)16/h1-14H,(H4,21,22,24)/b14-13+,23-19-. The minimum Gasteiger partial charge on any atom is -0.369 e. The molecule has 4 N–H and O–H groups in total. The van der Waals surface area contributed by atoms with Gasteiger partial charge in [-0.3, -0.25) is 0 Å². The number of rotatable bonds is 4. The van der Waals surface area contributed by atoms with Crippen LogP contribution < -0.4 is 11.5 Å². The third-order valence-corrected chi connectivity index (χ3v) is 3.59. The molecule has 24 heavy (non-hydrogen) atoms. The van der Waals surface area contributed by atoms with Crippen LogP contribution in [0.5, 0.6) is 0 Å². The number of guanidine groups is 1. The third-order valence-electron chi connectivity index (χ3n) is 3.59. The zero-order chi connectivity index (χ0) is 16.8. The third kappa shape index (κ3) is 3.67. The maximum absolute atomic E-state index is 5.40. The van der Waals surface area contributed by atoms with Gasteiger partial charge in [-0.25, -0.2) is 0 Å². The predicted octanol–water partition coefficient (Wildman–Crippen LogP) is 3.53. The number of benzene rings is 3. The normalized spacial score (nSPS) is 11.8. The van der Waals surface area contributed by atoms with Gasteiger partial charge >= 0.3 is 0 Å². The van der Waals surface area contributed by atoms with Crippen molar-refractivity contribution in [1.29, 1.82) is 0 Å². The Morgan fingerprint density at radius 1 is 0.750 bits per heavy atom. The summed E-state index contributed by atoms with van der Waals surface area (Å²) in [6.07, 6.45) is 3.94. The lowest BCUT2D eigenvalue weighted by atomic mass is 10.0. The average Bonchev–Trinajstić information content (AvgIpc) is 2.62. The second-order valence-electron chi connectivity index (χ2n) is 5.28. The largest absolute Gasteiger partial charge is 0.369 e. The molecule has 0 radical (unpaired) electrons. The van der Waals surface area contributed by atoms with E-state index in [2.05, 4.69) is 34.5 Å². The Kier molecular flexibility index (Phi) is 4.68. The molecule has 4 nitrogen and oxygen atoms in total. The highest BCUT2D eigenvalue weighted by Crippen LogP contribution is 2.20. The highest BCUT2D eigenvalue weighted by molar-refractivity contribution is 6.11. The SMILES string of the molecule is NC(N)=N/N=C(/C=C/c1cccc2ccccc12)c1ccccc1. The quantitative estimate of drug-likeness (QED) is 0.439. The van der Waals surface area contributed by atoms with E-state index in [9.17, 15) is 0 Å². The van der Waals surface area contributed by atoms with E-state index in [0.717, 1.165) is 11.1 Å². The smallest absolute Gasteiger partial charge is 0.211 e. The van der Waals surface area contributed by atoms with Crippen LogP contribution in [0.15, 0.2) is 89.1 Å². The summed E-state index contributed by atoms with van der Waals surface area (Å²) in [5, 5.41) is 10.3. The molecule has 3 aromatic rings.